The van der Waals surface area contributed by atoms with Gasteiger partial charge >= 0.3 is 0 Å². The summed E-state index contributed by atoms with van der Waals surface area (Å²) >= 11 is 1.87. The Morgan fingerprint density at radius 2 is 2.19 bits per heavy atom. The van der Waals surface area contributed by atoms with Crippen LogP contribution in [-0.2, 0) is 0 Å². The number of unbranched alkanes of at least 4 members (excludes halogenated alkanes) is 1. The van der Waals surface area contributed by atoms with Crippen LogP contribution >= 0.6 is 11.8 Å². The van der Waals surface area contributed by atoms with Gasteiger partial charge in [0.25, 0.3) is 0 Å². The van der Waals surface area contributed by atoms with Gasteiger partial charge in [0, 0.05) is 17.2 Å². The minimum atomic E-state index is 0.934. The molecular weight excluding hydrogens is 218 g/mol. The molecule has 2 nitrogen and oxygen atoms in total. The minimum absolute atomic E-state index is 0.934. The van der Waals surface area contributed by atoms with Crippen LogP contribution in [0.15, 0.2) is 29.2 Å². The zero-order valence-electron chi connectivity index (χ0n) is 10.2. The van der Waals surface area contributed by atoms with Crippen molar-refractivity contribution in [2.45, 2.75) is 24.7 Å². The molecule has 1 rings (SSSR count). The molecule has 0 spiro atoms. The van der Waals surface area contributed by atoms with Crippen LogP contribution in [0.2, 0.25) is 0 Å². The SMILES string of the molecule is CCCCNCCSc1cccc(OC)c1. The molecular formula is C13H21NOS. The molecule has 0 atom stereocenters. The lowest BCUT2D eigenvalue weighted by Crippen LogP contribution is -2.18. The van der Waals surface area contributed by atoms with Gasteiger partial charge in [0.1, 0.15) is 5.75 Å². The number of thioether (sulfide) groups is 1. The lowest BCUT2D eigenvalue weighted by atomic mass is 10.3. The fraction of sp³-hybridized carbons (Fsp3) is 0.538. The van der Waals surface area contributed by atoms with Gasteiger partial charge in [-0.1, -0.05) is 19.4 Å². The largest absolute Gasteiger partial charge is 0.497 e. The summed E-state index contributed by atoms with van der Waals surface area (Å²) in [5, 5.41) is 3.43. The second-order valence-electron chi connectivity index (χ2n) is 3.63. The van der Waals surface area contributed by atoms with Crippen molar-refractivity contribution in [1.82, 2.24) is 5.32 Å². The molecule has 0 amide bonds. The van der Waals surface area contributed by atoms with E-state index in [2.05, 4.69) is 24.4 Å². The van der Waals surface area contributed by atoms with E-state index in [-0.39, 0.29) is 0 Å². The van der Waals surface area contributed by atoms with Crippen molar-refractivity contribution in [2.24, 2.45) is 0 Å². The first-order chi connectivity index (χ1) is 7.86. The zero-order chi connectivity index (χ0) is 11.6. The summed E-state index contributed by atoms with van der Waals surface area (Å²) < 4.78 is 5.19. The molecule has 0 radical (unpaired) electrons. The molecule has 0 heterocycles. The van der Waals surface area contributed by atoms with Gasteiger partial charge in [0.05, 0.1) is 7.11 Å². The first-order valence-corrected chi connectivity index (χ1v) is 6.83. The highest BCUT2D eigenvalue weighted by Crippen LogP contribution is 2.22. The van der Waals surface area contributed by atoms with Gasteiger partial charge in [-0.3, -0.25) is 0 Å². The topological polar surface area (TPSA) is 21.3 Å². The van der Waals surface area contributed by atoms with E-state index < -0.39 is 0 Å². The quantitative estimate of drug-likeness (QED) is 0.556. The molecule has 0 bridgehead atoms. The molecule has 0 aliphatic heterocycles. The Morgan fingerprint density at radius 3 is 2.94 bits per heavy atom. The van der Waals surface area contributed by atoms with Gasteiger partial charge in [-0.15, -0.1) is 11.8 Å². The Bertz CT molecular complexity index is 291. The van der Waals surface area contributed by atoms with Gasteiger partial charge in [-0.25, -0.2) is 0 Å². The Kier molecular flexibility index (Phi) is 7.10. The van der Waals surface area contributed by atoms with Crippen LogP contribution in [0.1, 0.15) is 19.8 Å². The Hall–Kier alpha value is -0.670. The maximum Gasteiger partial charge on any atom is 0.119 e. The standard InChI is InChI=1S/C13H21NOS/c1-3-4-8-14-9-10-16-13-7-5-6-12(11-13)15-2/h5-7,11,14H,3-4,8-10H2,1-2H3. The van der Waals surface area contributed by atoms with Crippen molar-refractivity contribution in [3.05, 3.63) is 24.3 Å². The summed E-state index contributed by atoms with van der Waals surface area (Å²) in [7, 11) is 1.70. The van der Waals surface area contributed by atoms with Crippen LogP contribution in [0.25, 0.3) is 0 Å². The van der Waals surface area contributed by atoms with Crippen LogP contribution in [0.5, 0.6) is 5.75 Å². The first kappa shape index (κ1) is 13.4. The predicted octanol–water partition coefficient (Wildman–Crippen LogP) is 3.18. The number of ether oxygens (including phenoxy) is 1. The molecule has 0 fully saturated rings. The third-order valence-corrected chi connectivity index (χ3v) is 3.29. The highest BCUT2D eigenvalue weighted by molar-refractivity contribution is 7.99. The highest BCUT2D eigenvalue weighted by Gasteiger charge is 1.96. The lowest BCUT2D eigenvalue weighted by molar-refractivity contribution is 0.413. The zero-order valence-corrected chi connectivity index (χ0v) is 11.0. The molecule has 0 aromatic heterocycles. The van der Waals surface area contributed by atoms with E-state index >= 15 is 0 Å². The normalized spacial score (nSPS) is 10.4. The molecule has 1 N–H and O–H groups in total. The summed E-state index contributed by atoms with van der Waals surface area (Å²) in [6.07, 6.45) is 2.53. The van der Waals surface area contributed by atoms with Gasteiger partial charge in [0.2, 0.25) is 0 Å². The number of nitrogens with one attached hydrogen (secondary N) is 1. The van der Waals surface area contributed by atoms with Gasteiger partial charge in [-0.2, -0.15) is 0 Å². The van der Waals surface area contributed by atoms with E-state index in [4.69, 9.17) is 4.74 Å². The van der Waals surface area contributed by atoms with Crippen molar-refractivity contribution < 1.29 is 4.74 Å². The molecule has 1 aromatic carbocycles. The number of hydrogen-bond donors (Lipinski definition) is 1. The Labute approximate surface area is 103 Å². The van der Waals surface area contributed by atoms with E-state index in [1.807, 2.05) is 23.9 Å². The van der Waals surface area contributed by atoms with Crippen molar-refractivity contribution in [3.8, 4) is 5.75 Å². The average Bonchev–Trinajstić information content (AvgIpc) is 2.34. The van der Waals surface area contributed by atoms with Crippen LogP contribution in [0, 0.1) is 0 Å². The number of rotatable bonds is 8. The molecule has 0 aliphatic carbocycles. The van der Waals surface area contributed by atoms with E-state index in [1.54, 1.807) is 7.11 Å². The second kappa shape index (κ2) is 8.48. The third kappa shape index (κ3) is 5.42. The van der Waals surface area contributed by atoms with Crippen LogP contribution in [0.3, 0.4) is 0 Å². The average molecular weight is 239 g/mol. The van der Waals surface area contributed by atoms with Gasteiger partial charge in [-0.05, 0) is 31.2 Å². The van der Waals surface area contributed by atoms with Crippen LogP contribution < -0.4 is 10.1 Å². The molecule has 16 heavy (non-hydrogen) atoms. The minimum Gasteiger partial charge on any atom is -0.497 e. The third-order valence-electron chi connectivity index (χ3n) is 2.30. The maximum atomic E-state index is 5.19. The van der Waals surface area contributed by atoms with Crippen molar-refractivity contribution in [3.63, 3.8) is 0 Å². The molecule has 0 unspecified atom stereocenters. The smallest absolute Gasteiger partial charge is 0.119 e. The van der Waals surface area contributed by atoms with Gasteiger partial charge < -0.3 is 10.1 Å². The molecule has 0 saturated carbocycles. The summed E-state index contributed by atoms with van der Waals surface area (Å²) in [6.45, 7) is 4.42. The molecule has 3 heteroatoms. The summed E-state index contributed by atoms with van der Waals surface area (Å²) in [5.74, 6) is 2.04. The predicted molar refractivity (Wildman–Crippen MR) is 71.5 cm³/mol. The molecule has 1 aromatic rings. The van der Waals surface area contributed by atoms with E-state index in [9.17, 15) is 0 Å². The van der Waals surface area contributed by atoms with E-state index in [0.717, 1.165) is 24.6 Å². The number of hydrogen-bond acceptors (Lipinski definition) is 3. The molecule has 90 valence electrons. The summed E-state index contributed by atoms with van der Waals surface area (Å²) in [4.78, 5) is 1.27. The number of benzene rings is 1. The van der Waals surface area contributed by atoms with Crippen LogP contribution in [0.4, 0.5) is 0 Å². The molecule has 0 aliphatic rings. The summed E-state index contributed by atoms with van der Waals surface area (Å²) in [6, 6.07) is 8.21. The molecule has 0 saturated heterocycles. The Morgan fingerprint density at radius 1 is 1.31 bits per heavy atom. The van der Waals surface area contributed by atoms with Crippen LogP contribution in [-0.4, -0.2) is 26.0 Å². The second-order valence-corrected chi connectivity index (χ2v) is 4.80. The summed E-state index contributed by atoms with van der Waals surface area (Å²) in [5.41, 5.74) is 0. The fourth-order valence-corrected chi connectivity index (χ4v) is 2.22. The highest BCUT2D eigenvalue weighted by atomic mass is 32.2. The number of methoxy groups -OCH3 is 1. The van der Waals surface area contributed by atoms with E-state index in [0.29, 0.717) is 0 Å². The maximum absolute atomic E-state index is 5.19. The fourth-order valence-electron chi connectivity index (χ4n) is 1.36. The Balaban J connectivity index is 2.16. The van der Waals surface area contributed by atoms with Gasteiger partial charge in [0.15, 0.2) is 0 Å². The van der Waals surface area contributed by atoms with Crippen molar-refractivity contribution >= 4 is 11.8 Å². The monoisotopic (exact) mass is 239 g/mol. The van der Waals surface area contributed by atoms with E-state index in [1.165, 1.54) is 17.7 Å². The lowest BCUT2D eigenvalue weighted by Gasteiger charge is -2.05. The van der Waals surface area contributed by atoms with Crippen molar-refractivity contribution in [2.75, 3.05) is 26.0 Å². The van der Waals surface area contributed by atoms with Crippen molar-refractivity contribution in [1.29, 1.82) is 0 Å². The first-order valence-electron chi connectivity index (χ1n) is 5.84.